The summed E-state index contributed by atoms with van der Waals surface area (Å²) in [5.74, 6) is -1.81. The lowest BCUT2D eigenvalue weighted by Gasteiger charge is -2.13. The number of phenols is 1. The number of carbonyl (C=O) groups excluding carboxylic acids is 1. The SMILES string of the molecule is CCOc1cc(C(C)=O)c(O)c(C(F)(F)F)c1. The Bertz CT molecular complexity index is 438. The molecule has 1 N–H and O–H groups in total. The van der Waals surface area contributed by atoms with Gasteiger partial charge in [0.25, 0.3) is 0 Å². The van der Waals surface area contributed by atoms with Gasteiger partial charge in [0, 0.05) is 0 Å². The van der Waals surface area contributed by atoms with Crippen LogP contribution in [-0.4, -0.2) is 17.5 Å². The van der Waals surface area contributed by atoms with Crippen molar-refractivity contribution in [1.29, 1.82) is 0 Å². The van der Waals surface area contributed by atoms with Crippen molar-refractivity contribution in [3.8, 4) is 11.5 Å². The molecule has 0 aliphatic heterocycles. The number of ether oxygens (including phenoxy) is 1. The second-order valence-electron chi connectivity index (χ2n) is 3.35. The quantitative estimate of drug-likeness (QED) is 0.836. The third-order valence-corrected chi connectivity index (χ3v) is 2.08. The van der Waals surface area contributed by atoms with Crippen molar-refractivity contribution in [3.63, 3.8) is 0 Å². The van der Waals surface area contributed by atoms with Gasteiger partial charge in [0.2, 0.25) is 0 Å². The minimum Gasteiger partial charge on any atom is -0.507 e. The van der Waals surface area contributed by atoms with Crippen molar-refractivity contribution in [2.24, 2.45) is 0 Å². The largest absolute Gasteiger partial charge is 0.507 e. The number of phenolic OH excluding ortho intramolecular Hbond substituents is 1. The molecule has 0 saturated carbocycles. The Balaban J connectivity index is 3.43. The van der Waals surface area contributed by atoms with E-state index < -0.39 is 28.8 Å². The number of ketones is 1. The molecule has 0 bridgehead atoms. The zero-order valence-corrected chi connectivity index (χ0v) is 9.26. The predicted molar refractivity (Wildman–Crippen MR) is 54.3 cm³/mol. The summed E-state index contributed by atoms with van der Waals surface area (Å²) in [7, 11) is 0. The fraction of sp³-hybridized carbons (Fsp3) is 0.364. The van der Waals surface area contributed by atoms with Gasteiger partial charge in [-0.2, -0.15) is 13.2 Å². The van der Waals surface area contributed by atoms with Gasteiger partial charge in [-0.25, -0.2) is 0 Å². The van der Waals surface area contributed by atoms with Gasteiger partial charge in [-0.15, -0.1) is 0 Å². The predicted octanol–water partition coefficient (Wildman–Crippen LogP) is 3.01. The zero-order chi connectivity index (χ0) is 13.2. The number of hydrogen-bond acceptors (Lipinski definition) is 3. The average Bonchev–Trinajstić information content (AvgIpc) is 2.18. The molecule has 0 spiro atoms. The molecule has 0 radical (unpaired) electrons. The van der Waals surface area contributed by atoms with E-state index in [1.165, 1.54) is 0 Å². The maximum absolute atomic E-state index is 12.6. The third-order valence-electron chi connectivity index (χ3n) is 2.08. The molecular weight excluding hydrogens is 237 g/mol. The number of Topliss-reactive ketones (excluding diaryl/α,β-unsaturated/α-hetero) is 1. The molecular formula is C11H11F3O3. The molecule has 0 unspecified atom stereocenters. The van der Waals surface area contributed by atoms with Crippen molar-refractivity contribution in [3.05, 3.63) is 23.3 Å². The van der Waals surface area contributed by atoms with Gasteiger partial charge in [-0.3, -0.25) is 4.79 Å². The molecule has 0 fully saturated rings. The molecule has 1 aromatic rings. The highest BCUT2D eigenvalue weighted by Crippen LogP contribution is 2.40. The van der Waals surface area contributed by atoms with Crippen molar-refractivity contribution in [2.45, 2.75) is 20.0 Å². The first-order valence-corrected chi connectivity index (χ1v) is 4.85. The molecule has 1 rings (SSSR count). The lowest BCUT2D eigenvalue weighted by atomic mass is 10.0. The number of halogens is 3. The van der Waals surface area contributed by atoms with Gasteiger partial charge >= 0.3 is 6.18 Å². The summed E-state index contributed by atoms with van der Waals surface area (Å²) in [5.41, 5.74) is -1.67. The summed E-state index contributed by atoms with van der Waals surface area (Å²) in [5, 5.41) is 9.39. The first-order chi connectivity index (χ1) is 7.77. The second kappa shape index (κ2) is 4.65. The van der Waals surface area contributed by atoms with E-state index in [2.05, 4.69) is 0 Å². The van der Waals surface area contributed by atoms with Crippen LogP contribution < -0.4 is 4.74 Å². The van der Waals surface area contributed by atoms with Crippen LogP contribution in [0, 0.1) is 0 Å². The average molecular weight is 248 g/mol. The Morgan fingerprint density at radius 2 is 2.00 bits per heavy atom. The Labute approximate surface area is 95.8 Å². The summed E-state index contributed by atoms with van der Waals surface area (Å²) in [6.45, 7) is 2.85. The number of alkyl halides is 3. The summed E-state index contributed by atoms with van der Waals surface area (Å²) in [6.07, 6.45) is -4.73. The fourth-order valence-electron chi connectivity index (χ4n) is 1.34. The molecule has 3 nitrogen and oxygen atoms in total. The van der Waals surface area contributed by atoms with E-state index in [0.717, 1.165) is 13.0 Å². The van der Waals surface area contributed by atoms with Crippen molar-refractivity contribution in [1.82, 2.24) is 0 Å². The van der Waals surface area contributed by atoms with Crippen molar-refractivity contribution < 1.29 is 27.8 Å². The molecule has 6 heteroatoms. The smallest absolute Gasteiger partial charge is 0.420 e. The van der Waals surface area contributed by atoms with Crippen LogP contribution in [0.25, 0.3) is 0 Å². The van der Waals surface area contributed by atoms with Gasteiger partial charge in [-0.05, 0) is 26.0 Å². The molecule has 0 atom stereocenters. The van der Waals surface area contributed by atoms with E-state index in [4.69, 9.17) is 4.74 Å². The lowest BCUT2D eigenvalue weighted by molar-refractivity contribution is -0.138. The van der Waals surface area contributed by atoms with Crippen LogP contribution in [0.1, 0.15) is 29.8 Å². The maximum Gasteiger partial charge on any atom is 0.420 e. The van der Waals surface area contributed by atoms with Gasteiger partial charge in [0.05, 0.1) is 12.2 Å². The molecule has 0 saturated heterocycles. The van der Waals surface area contributed by atoms with Crippen LogP contribution >= 0.6 is 0 Å². The van der Waals surface area contributed by atoms with E-state index in [-0.39, 0.29) is 12.4 Å². The highest BCUT2D eigenvalue weighted by molar-refractivity contribution is 5.97. The van der Waals surface area contributed by atoms with Gasteiger partial charge in [0.15, 0.2) is 5.78 Å². The van der Waals surface area contributed by atoms with Crippen LogP contribution in [-0.2, 0) is 6.18 Å². The molecule has 1 aromatic carbocycles. The van der Waals surface area contributed by atoms with Crippen LogP contribution in [0.3, 0.4) is 0 Å². The summed E-state index contributed by atoms with van der Waals surface area (Å²) in [4.78, 5) is 11.1. The fourth-order valence-corrected chi connectivity index (χ4v) is 1.34. The molecule has 0 heterocycles. The Morgan fingerprint density at radius 3 is 2.41 bits per heavy atom. The van der Waals surface area contributed by atoms with E-state index >= 15 is 0 Å². The van der Waals surface area contributed by atoms with Gasteiger partial charge < -0.3 is 9.84 Å². The molecule has 17 heavy (non-hydrogen) atoms. The zero-order valence-electron chi connectivity index (χ0n) is 9.26. The number of hydrogen-bond donors (Lipinski definition) is 1. The van der Waals surface area contributed by atoms with Crippen molar-refractivity contribution in [2.75, 3.05) is 6.61 Å². The monoisotopic (exact) mass is 248 g/mol. The number of rotatable bonds is 3. The molecule has 0 aromatic heterocycles. The Kier molecular flexibility index (Phi) is 3.65. The molecule has 94 valence electrons. The minimum atomic E-state index is -4.73. The number of carbonyl (C=O) groups is 1. The summed E-state index contributed by atoms with van der Waals surface area (Å²) in [6, 6.07) is 1.77. The van der Waals surface area contributed by atoms with Crippen LogP contribution in [0.4, 0.5) is 13.2 Å². The summed E-state index contributed by atoms with van der Waals surface area (Å²) < 4.78 is 42.7. The Hall–Kier alpha value is -1.72. The summed E-state index contributed by atoms with van der Waals surface area (Å²) >= 11 is 0. The van der Waals surface area contributed by atoms with Crippen LogP contribution in [0.2, 0.25) is 0 Å². The third kappa shape index (κ3) is 2.89. The highest BCUT2D eigenvalue weighted by Gasteiger charge is 2.36. The second-order valence-corrected chi connectivity index (χ2v) is 3.35. The number of benzene rings is 1. The van der Waals surface area contributed by atoms with E-state index in [1.807, 2.05) is 0 Å². The lowest BCUT2D eigenvalue weighted by Crippen LogP contribution is -2.09. The first kappa shape index (κ1) is 13.3. The topological polar surface area (TPSA) is 46.5 Å². The van der Waals surface area contributed by atoms with E-state index in [0.29, 0.717) is 6.07 Å². The van der Waals surface area contributed by atoms with Crippen LogP contribution in [0.15, 0.2) is 12.1 Å². The number of aromatic hydroxyl groups is 1. The highest BCUT2D eigenvalue weighted by atomic mass is 19.4. The standard InChI is InChI=1S/C11H11F3O3/c1-3-17-7-4-8(6(2)15)10(16)9(5-7)11(12,13)14/h4-5,16H,3H2,1-2H3. The minimum absolute atomic E-state index is 0.0946. The van der Waals surface area contributed by atoms with Crippen LogP contribution in [0.5, 0.6) is 11.5 Å². The normalized spacial score (nSPS) is 11.4. The van der Waals surface area contributed by atoms with Crippen molar-refractivity contribution >= 4 is 5.78 Å². The van der Waals surface area contributed by atoms with E-state index in [1.54, 1.807) is 6.92 Å². The Morgan fingerprint density at radius 1 is 1.41 bits per heavy atom. The molecule has 0 amide bonds. The van der Waals surface area contributed by atoms with Gasteiger partial charge in [-0.1, -0.05) is 0 Å². The van der Waals surface area contributed by atoms with E-state index in [9.17, 15) is 23.1 Å². The van der Waals surface area contributed by atoms with Gasteiger partial charge in [0.1, 0.15) is 17.1 Å². The maximum atomic E-state index is 12.6. The molecule has 0 aliphatic rings. The molecule has 0 aliphatic carbocycles. The first-order valence-electron chi connectivity index (χ1n) is 4.85.